The summed E-state index contributed by atoms with van der Waals surface area (Å²) in [7, 11) is 0. The van der Waals surface area contributed by atoms with Gasteiger partial charge in [0.25, 0.3) is 0 Å². The largest absolute Gasteiger partial charge is 0.389 e. The molecule has 0 radical (unpaired) electrons. The van der Waals surface area contributed by atoms with Crippen molar-refractivity contribution in [3.05, 3.63) is 29.1 Å². The molecule has 0 fully saturated rings. The third kappa shape index (κ3) is 3.31. The Labute approximate surface area is 94.8 Å². The Morgan fingerprint density at radius 3 is 2.62 bits per heavy atom. The summed E-state index contributed by atoms with van der Waals surface area (Å²) in [6.07, 6.45) is 1.17. The Morgan fingerprint density at radius 1 is 1.50 bits per heavy atom. The minimum atomic E-state index is -0.874. The first-order valence-electron chi connectivity index (χ1n) is 5.10. The van der Waals surface area contributed by atoms with E-state index in [9.17, 15) is 9.50 Å². The van der Waals surface area contributed by atoms with Crippen LogP contribution in [-0.4, -0.2) is 23.5 Å². The van der Waals surface area contributed by atoms with Crippen LogP contribution in [0.25, 0.3) is 0 Å². The van der Waals surface area contributed by atoms with Gasteiger partial charge in [0, 0.05) is 24.0 Å². The van der Waals surface area contributed by atoms with Gasteiger partial charge in [-0.05, 0) is 38.5 Å². The van der Waals surface area contributed by atoms with Crippen LogP contribution in [0.15, 0.2) is 12.1 Å². The van der Waals surface area contributed by atoms with Crippen molar-refractivity contribution in [2.75, 3.05) is 11.9 Å². The normalized spacial score (nSPS) is 11.3. The van der Waals surface area contributed by atoms with Crippen LogP contribution in [0.3, 0.4) is 0 Å². The maximum atomic E-state index is 13.3. The van der Waals surface area contributed by atoms with Gasteiger partial charge in [0.15, 0.2) is 0 Å². The van der Waals surface area contributed by atoms with Crippen LogP contribution in [0.5, 0.6) is 0 Å². The van der Waals surface area contributed by atoms with Crippen LogP contribution in [-0.2, 0) is 0 Å². The summed E-state index contributed by atoms with van der Waals surface area (Å²) < 4.78 is 13.3. The molecule has 3 nitrogen and oxygen atoms in total. The van der Waals surface area contributed by atoms with Crippen molar-refractivity contribution in [2.45, 2.75) is 26.4 Å². The quantitative estimate of drug-likeness (QED) is 0.687. The number of nitrogens with one attached hydrogen (secondary N) is 2. The van der Waals surface area contributed by atoms with E-state index in [-0.39, 0.29) is 5.82 Å². The van der Waals surface area contributed by atoms with Crippen molar-refractivity contribution in [1.29, 1.82) is 5.41 Å². The second kappa shape index (κ2) is 4.61. The molecule has 4 heteroatoms. The molecule has 0 aliphatic rings. The highest BCUT2D eigenvalue weighted by Crippen LogP contribution is 2.19. The summed E-state index contributed by atoms with van der Waals surface area (Å²) in [5, 5.41) is 19.7. The molecular weight excluding hydrogens is 207 g/mol. The maximum absolute atomic E-state index is 13.3. The zero-order valence-corrected chi connectivity index (χ0v) is 9.76. The second-order valence-corrected chi connectivity index (χ2v) is 4.50. The van der Waals surface area contributed by atoms with Crippen molar-refractivity contribution in [1.82, 2.24) is 0 Å². The first-order valence-corrected chi connectivity index (χ1v) is 5.10. The maximum Gasteiger partial charge on any atom is 0.128 e. The Hall–Kier alpha value is -1.42. The number of aliphatic hydroxyl groups is 1. The first kappa shape index (κ1) is 12.6. The summed E-state index contributed by atoms with van der Waals surface area (Å²) in [4.78, 5) is 0. The Balaban J connectivity index is 2.95. The molecule has 1 rings (SSSR count). The van der Waals surface area contributed by atoms with Crippen molar-refractivity contribution < 1.29 is 9.50 Å². The molecule has 0 saturated heterocycles. The zero-order valence-electron chi connectivity index (χ0n) is 9.76. The standard InChI is InChI=1S/C12H17FN2O/c1-8-4-9(6-14)11(5-10(8)13)15-7-12(2,3)16/h4-6,14-16H,7H2,1-3H3. The summed E-state index contributed by atoms with van der Waals surface area (Å²) in [5.41, 5.74) is 0.774. The highest BCUT2D eigenvalue weighted by atomic mass is 19.1. The van der Waals surface area contributed by atoms with Crippen molar-refractivity contribution in [3.63, 3.8) is 0 Å². The number of benzene rings is 1. The number of hydrogen-bond donors (Lipinski definition) is 3. The van der Waals surface area contributed by atoms with E-state index in [0.29, 0.717) is 23.4 Å². The highest BCUT2D eigenvalue weighted by Gasteiger charge is 2.13. The Kier molecular flexibility index (Phi) is 3.65. The Morgan fingerprint density at radius 2 is 2.12 bits per heavy atom. The minimum Gasteiger partial charge on any atom is -0.389 e. The van der Waals surface area contributed by atoms with E-state index in [2.05, 4.69) is 5.32 Å². The van der Waals surface area contributed by atoms with Gasteiger partial charge >= 0.3 is 0 Å². The zero-order chi connectivity index (χ0) is 12.3. The molecular formula is C12H17FN2O. The highest BCUT2D eigenvalue weighted by molar-refractivity contribution is 5.86. The van der Waals surface area contributed by atoms with E-state index in [0.717, 1.165) is 0 Å². The lowest BCUT2D eigenvalue weighted by atomic mass is 10.1. The van der Waals surface area contributed by atoms with E-state index in [1.54, 1.807) is 26.8 Å². The molecule has 0 spiro atoms. The van der Waals surface area contributed by atoms with Gasteiger partial charge in [0.05, 0.1) is 5.60 Å². The molecule has 0 saturated carbocycles. The van der Waals surface area contributed by atoms with Gasteiger partial charge in [-0.1, -0.05) is 0 Å². The topological polar surface area (TPSA) is 56.1 Å². The molecule has 0 unspecified atom stereocenters. The lowest BCUT2D eigenvalue weighted by Crippen LogP contribution is -2.29. The summed E-state index contributed by atoms with van der Waals surface area (Å²) in [6, 6.07) is 2.95. The van der Waals surface area contributed by atoms with Gasteiger partial charge < -0.3 is 15.8 Å². The van der Waals surface area contributed by atoms with E-state index in [1.165, 1.54) is 12.3 Å². The van der Waals surface area contributed by atoms with Crippen LogP contribution in [0, 0.1) is 18.2 Å². The van der Waals surface area contributed by atoms with Crippen LogP contribution >= 0.6 is 0 Å². The molecule has 0 heterocycles. The van der Waals surface area contributed by atoms with Crippen LogP contribution in [0.2, 0.25) is 0 Å². The minimum absolute atomic E-state index is 0.302. The summed E-state index contributed by atoms with van der Waals surface area (Å²) in [5.74, 6) is -0.316. The van der Waals surface area contributed by atoms with E-state index < -0.39 is 5.60 Å². The number of halogens is 1. The van der Waals surface area contributed by atoms with Gasteiger partial charge in [0.1, 0.15) is 5.82 Å². The summed E-state index contributed by atoms with van der Waals surface area (Å²) in [6.45, 7) is 5.28. The predicted octanol–water partition coefficient (Wildman–Crippen LogP) is 2.31. The number of rotatable bonds is 4. The lowest BCUT2D eigenvalue weighted by Gasteiger charge is -2.19. The molecule has 1 aromatic rings. The van der Waals surface area contributed by atoms with E-state index in [4.69, 9.17) is 5.41 Å². The third-order valence-electron chi connectivity index (χ3n) is 2.20. The second-order valence-electron chi connectivity index (χ2n) is 4.50. The Bertz CT molecular complexity index is 397. The molecule has 1 aromatic carbocycles. The molecule has 0 aromatic heterocycles. The van der Waals surface area contributed by atoms with Gasteiger partial charge in [-0.25, -0.2) is 4.39 Å². The fraction of sp³-hybridized carbons (Fsp3) is 0.417. The number of hydrogen-bond acceptors (Lipinski definition) is 3. The van der Waals surface area contributed by atoms with Gasteiger partial charge in [-0.15, -0.1) is 0 Å². The monoisotopic (exact) mass is 224 g/mol. The fourth-order valence-electron chi connectivity index (χ4n) is 1.29. The van der Waals surface area contributed by atoms with E-state index in [1.807, 2.05) is 0 Å². The molecule has 0 aliphatic heterocycles. The molecule has 0 aliphatic carbocycles. The fourth-order valence-corrected chi connectivity index (χ4v) is 1.29. The molecule has 0 bridgehead atoms. The molecule has 0 atom stereocenters. The van der Waals surface area contributed by atoms with Gasteiger partial charge in [0.2, 0.25) is 0 Å². The van der Waals surface area contributed by atoms with Crippen molar-refractivity contribution >= 4 is 11.9 Å². The molecule has 88 valence electrons. The first-order chi connectivity index (χ1) is 7.33. The average Bonchev–Trinajstić information content (AvgIpc) is 2.18. The third-order valence-corrected chi connectivity index (χ3v) is 2.20. The molecule has 0 amide bonds. The van der Waals surface area contributed by atoms with E-state index >= 15 is 0 Å². The van der Waals surface area contributed by atoms with Crippen molar-refractivity contribution in [2.24, 2.45) is 0 Å². The molecule has 16 heavy (non-hydrogen) atoms. The van der Waals surface area contributed by atoms with Crippen LogP contribution in [0.4, 0.5) is 10.1 Å². The van der Waals surface area contributed by atoms with Crippen LogP contribution < -0.4 is 5.32 Å². The summed E-state index contributed by atoms with van der Waals surface area (Å²) >= 11 is 0. The number of aryl methyl sites for hydroxylation is 1. The van der Waals surface area contributed by atoms with Crippen LogP contribution in [0.1, 0.15) is 25.0 Å². The number of anilines is 1. The SMILES string of the molecule is Cc1cc(C=N)c(NCC(C)(C)O)cc1F. The van der Waals surface area contributed by atoms with Gasteiger partial charge in [-0.3, -0.25) is 0 Å². The smallest absolute Gasteiger partial charge is 0.128 e. The predicted molar refractivity (Wildman–Crippen MR) is 63.8 cm³/mol. The molecule has 3 N–H and O–H groups in total. The van der Waals surface area contributed by atoms with Gasteiger partial charge in [-0.2, -0.15) is 0 Å². The van der Waals surface area contributed by atoms with Crippen molar-refractivity contribution in [3.8, 4) is 0 Å². The average molecular weight is 224 g/mol. The lowest BCUT2D eigenvalue weighted by molar-refractivity contribution is 0.0945.